The molecule has 1 amide bonds. The minimum Gasteiger partial charge on any atom is -0.508 e. The van der Waals surface area contributed by atoms with Crippen molar-refractivity contribution in [1.82, 2.24) is 4.90 Å². The van der Waals surface area contributed by atoms with Gasteiger partial charge in [0, 0.05) is 17.9 Å². The van der Waals surface area contributed by atoms with Crippen LogP contribution in [0.3, 0.4) is 0 Å². The topological polar surface area (TPSA) is 161 Å². The third-order valence-electron chi connectivity index (χ3n) is 7.10. The third-order valence-corrected chi connectivity index (χ3v) is 7.10. The first-order chi connectivity index (χ1) is 15.5. The van der Waals surface area contributed by atoms with Crippen molar-refractivity contribution in [3.8, 4) is 5.75 Å². The minimum absolute atomic E-state index is 0.119. The van der Waals surface area contributed by atoms with Crippen LogP contribution in [0.2, 0.25) is 0 Å². The molecule has 0 unspecified atom stereocenters. The highest BCUT2D eigenvalue weighted by molar-refractivity contribution is 6.22. The van der Waals surface area contributed by atoms with E-state index in [2.05, 4.69) is 4.90 Å². The molecule has 3 atom stereocenters. The number of rotatable bonds is 5. The second-order valence-corrected chi connectivity index (χ2v) is 9.41. The highest BCUT2D eigenvalue weighted by Crippen LogP contribution is 2.52. The van der Waals surface area contributed by atoms with Crippen molar-refractivity contribution in [3.63, 3.8) is 0 Å². The van der Waals surface area contributed by atoms with Crippen molar-refractivity contribution < 1.29 is 34.8 Å². The maximum absolute atomic E-state index is 13.5. The predicted molar refractivity (Wildman–Crippen MR) is 118 cm³/mol. The Bertz CT molecular complexity index is 1130. The number of carbonyl (C=O) groups excluding carboxylic acids is 3. The molecule has 0 radical (unpaired) electrons. The van der Waals surface area contributed by atoms with Gasteiger partial charge in [-0.2, -0.15) is 0 Å². The van der Waals surface area contributed by atoms with E-state index < -0.39 is 52.0 Å². The Kier molecular flexibility index (Phi) is 5.58. The van der Waals surface area contributed by atoms with Crippen LogP contribution < -0.4 is 5.73 Å². The molecule has 4 rings (SSSR count). The van der Waals surface area contributed by atoms with E-state index in [-0.39, 0.29) is 29.7 Å². The Morgan fingerprint density at radius 2 is 1.88 bits per heavy atom. The standard InChI is InChI=1S/C24H28N2O7/c1-26(2)7-3-4-11-5-6-15(27)18-14(11)9-12-8-13-10-16(28)19(23(25)32)22(31)24(13,33)21(30)17(12)20(18)29/h5-6,12-13,27,29,31,33H,3-4,7-10H2,1-2H3,(H2,25,32)/t12-,13+,24+/m1/s1. The summed E-state index contributed by atoms with van der Waals surface area (Å²) in [4.78, 5) is 39.6. The molecular weight excluding hydrogens is 428 g/mol. The van der Waals surface area contributed by atoms with Gasteiger partial charge in [0.05, 0.1) is 5.56 Å². The molecule has 3 aliphatic carbocycles. The molecule has 9 heteroatoms. The van der Waals surface area contributed by atoms with Crippen molar-refractivity contribution in [2.24, 2.45) is 17.6 Å². The maximum atomic E-state index is 13.5. The molecule has 6 N–H and O–H groups in total. The van der Waals surface area contributed by atoms with E-state index in [1.165, 1.54) is 6.07 Å². The number of phenols is 1. The summed E-state index contributed by atoms with van der Waals surface area (Å²) < 4.78 is 0. The number of amides is 1. The number of primary amides is 1. The lowest BCUT2D eigenvalue weighted by molar-refractivity contribution is -0.147. The van der Waals surface area contributed by atoms with Gasteiger partial charge in [-0.1, -0.05) is 6.07 Å². The first-order valence-corrected chi connectivity index (χ1v) is 10.9. The molecule has 1 saturated carbocycles. The number of benzene rings is 1. The van der Waals surface area contributed by atoms with Crippen LogP contribution >= 0.6 is 0 Å². The number of aromatic hydroxyl groups is 1. The Balaban J connectivity index is 1.82. The van der Waals surface area contributed by atoms with Crippen LogP contribution in [0.5, 0.6) is 5.75 Å². The van der Waals surface area contributed by atoms with E-state index in [9.17, 15) is 34.8 Å². The summed E-state index contributed by atoms with van der Waals surface area (Å²) >= 11 is 0. The highest BCUT2D eigenvalue weighted by Gasteiger charge is 2.60. The first-order valence-electron chi connectivity index (χ1n) is 10.9. The SMILES string of the molecule is CN(C)CCCc1ccc(O)c2c1C[C@H]1C[C@H]3CC(=O)C(C(N)=O)=C(O)[C@@]3(O)C(=O)C1=C2O. The fraction of sp³-hybridized carbons (Fsp3) is 0.458. The third kappa shape index (κ3) is 3.43. The lowest BCUT2D eigenvalue weighted by Crippen LogP contribution is -2.58. The molecule has 0 heterocycles. The predicted octanol–water partition coefficient (Wildman–Crippen LogP) is 0.918. The van der Waals surface area contributed by atoms with Gasteiger partial charge >= 0.3 is 0 Å². The van der Waals surface area contributed by atoms with Gasteiger partial charge in [0.15, 0.2) is 11.4 Å². The van der Waals surface area contributed by atoms with Gasteiger partial charge < -0.3 is 31.1 Å². The monoisotopic (exact) mass is 456 g/mol. The second-order valence-electron chi connectivity index (χ2n) is 9.41. The Morgan fingerprint density at radius 3 is 2.52 bits per heavy atom. The van der Waals surface area contributed by atoms with E-state index in [0.29, 0.717) is 12.8 Å². The number of aliphatic hydroxyl groups excluding tert-OH is 2. The number of hydrogen-bond acceptors (Lipinski definition) is 8. The van der Waals surface area contributed by atoms with Crippen LogP contribution in [-0.2, 0) is 27.2 Å². The molecule has 0 bridgehead atoms. The molecule has 1 aromatic rings. The average Bonchev–Trinajstić information content (AvgIpc) is 2.71. The number of fused-ring (bicyclic) bond motifs is 3. The summed E-state index contributed by atoms with van der Waals surface area (Å²) in [6, 6.07) is 3.27. The van der Waals surface area contributed by atoms with E-state index >= 15 is 0 Å². The van der Waals surface area contributed by atoms with E-state index in [4.69, 9.17) is 5.73 Å². The van der Waals surface area contributed by atoms with Crippen molar-refractivity contribution in [2.45, 2.75) is 37.7 Å². The quantitative estimate of drug-likeness (QED) is 0.409. The Morgan fingerprint density at radius 1 is 1.18 bits per heavy atom. The molecule has 0 aromatic heterocycles. The largest absolute Gasteiger partial charge is 0.508 e. The second kappa shape index (κ2) is 8.00. The number of carbonyl (C=O) groups is 3. The molecule has 0 spiro atoms. The van der Waals surface area contributed by atoms with Crippen LogP contribution in [0.15, 0.2) is 29.0 Å². The summed E-state index contributed by atoms with van der Waals surface area (Å²) in [6.07, 6.45) is 1.71. The molecule has 0 saturated heterocycles. The van der Waals surface area contributed by atoms with E-state index in [1.54, 1.807) is 6.07 Å². The minimum atomic E-state index is -2.53. The summed E-state index contributed by atoms with van der Waals surface area (Å²) in [7, 11) is 3.95. The van der Waals surface area contributed by atoms with Crippen LogP contribution in [0.25, 0.3) is 5.76 Å². The summed E-state index contributed by atoms with van der Waals surface area (Å²) in [5, 5.41) is 43.4. The molecule has 3 aliphatic rings. The first kappa shape index (κ1) is 23.0. The fourth-order valence-electron chi connectivity index (χ4n) is 5.51. The Hall–Kier alpha value is -3.17. The van der Waals surface area contributed by atoms with E-state index in [1.807, 2.05) is 14.1 Å². The van der Waals surface area contributed by atoms with Crippen LogP contribution in [-0.4, -0.2) is 69.0 Å². The van der Waals surface area contributed by atoms with Crippen molar-refractivity contribution in [1.29, 1.82) is 0 Å². The number of Topliss-reactive ketones (excluding diaryl/α,β-unsaturated/α-hetero) is 2. The number of hydrogen-bond donors (Lipinski definition) is 5. The molecule has 33 heavy (non-hydrogen) atoms. The molecule has 9 nitrogen and oxygen atoms in total. The number of nitrogens with zero attached hydrogens (tertiary/aromatic N) is 1. The maximum Gasteiger partial charge on any atom is 0.255 e. The van der Waals surface area contributed by atoms with Gasteiger partial charge in [0.25, 0.3) is 5.91 Å². The van der Waals surface area contributed by atoms with Gasteiger partial charge in [-0.3, -0.25) is 14.4 Å². The fourth-order valence-corrected chi connectivity index (χ4v) is 5.51. The molecule has 0 aliphatic heterocycles. The molecule has 176 valence electrons. The summed E-state index contributed by atoms with van der Waals surface area (Å²) in [5.74, 6) is -6.11. The normalized spacial score (nSPS) is 26.9. The van der Waals surface area contributed by atoms with Crippen LogP contribution in [0.1, 0.15) is 36.0 Å². The number of nitrogens with two attached hydrogens (primary N) is 1. The number of aryl methyl sites for hydroxylation is 1. The van der Waals surface area contributed by atoms with Crippen LogP contribution in [0.4, 0.5) is 0 Å². The highest BCUT2D eigenvalue weighted by atomic mass is 16.3. The lowest BCUT2D eigenvalue weighted by atomic mass is 9.59. The zero-order chi connectivity index (χ0) is 24.2. The molecule has 1 aromatic carbocycles. The van der Waals surface area contributed by atoms with Crippen LogP contribution in [0, 0.1) is 11.8 Å². The molecular formula is C24H28N2O7. The zero-order valence-corrected chi connectivity index (χ0v) is 18.6. The smallest absolute Gasteiger partial charge is 0.255 e. The lowest BCUT2D eigenvalue weighted by Gasteiger charge is -2.46. The van der Waals surface area contributed by atoms with Crippen molar-refractivity contribution in [2.75, 3.05) is 20.6 Å². The van der Waals surface area contributed by atoms with Gasteiger partial charge in [0.1, 0.15) is 22.8 Å². The summed E-state index contributed by atoms with van der Waals surface area (Å²) in [5.41, 5.74) is 3.58. The van der Waals surface area contributed by atoms with Gasteiger partial charge in [-0.05, 0) is 69.4 Å². The number of aliphatic hydroxyl groups is 3. The summed E-state index contributed by atoms with van der Waals surface area (Å²) in [6.45, 7) is 0.857. The van der Waals surface area contributed by atoms with Gasteiger partial charge in [0.2, 0.25) is 5.78 Å². The van der Waals surface area contributed by atoms with Crippen molar-refractivity contribution in [3.05, 3.63) is 45.7 Å². The number of phenolic OH excluding ortho intramolecular Hbond substituents is 1. The molecule has 1 fully saturated rings. The zero-order valence-electron chi connectivity index (χ0n) is 18.6. The van der Waals surface area contributed by atoms with E-state index in [0.717, 1.165) is 24.1 Å². The number of ketones is 2. The average molecular weight is 456 g/mol. The Labute approximate surface area is 190 Å². The van der Waals surface area contributed by atoms with Crippen molar-refractivity contribution >= 4 is 23.2 Å². The van der Waals surface area contributed by atoms with Gasteiger partial charge in [-0.25, -0.2) is 0 Å². The van der Waals surface area contributed by atoms with Gasteiger partial charge in [-0.15, -0.1) is 0 Å².